The van der Waals surface area contributed by atoms with Crippen LogP contribution in [0.5, 0.6) is 0 Å². The van der Waals surface area contributed by atoms with Crippen molar-refractivity contribution in [3.05, 3.63) is 48.1 Å². The minimum Gasteiger partial charge on any atom is -0.364 e. The lowest BCUT2D eigenvalue weighted by molar-refractivity contribution is 0.0570. The summed E-state index contributed by atoms with van der Waals surface area (Å²) in [5, 5.41) is 7.42. The molecular formula is C21H27N5O2. The van der Waals surface area contributed by atoms with Gasteiger partial charge >= 0.3 is 0 Å². The van der Waals surface area contributed by atoms with Gasteiger partial charge in [-0.3, -0.25) is 9.78 Å². The van der Waals surface area contributed by atoms with Crippen molar-refractivity contribution in [3.8, 4) is 0 Å². The lowest BCUT2D eigenvalue weighted by Gasteiger charge is -2.43. The normalized spacial score (nSPS) is 22.4. The summed E-state index contributed by atoms with van der Waals surface area (Å²) in [6.45, 7) is 5.71. The van der Waals surface area contributed by atoms with Crippen molar-refractivity contribution >= 4 is 16.9 Å². The van der Waals surface area contributed by atoms with E-state index < -0.39 is 0 Å². The third-order valence-corrected chi connectivity index (χ3v) is 5.82. The minimum absolute atomic E-state index is 0.0180. The standard InChI is InChI=1S/C21H27N5O2/c1-3-26(20(27)19-10-18-17(25-19)7-5-9-22-18)16-6-4-8-21(2,11-16)23-12-15-13-24-28-14-15/h5,7,9-10,13-14,16,23,25H,3-4,6,8,11-12H2,1-2H3/t16-,21?/m0/s1. The summed E-state index contributed by atoms with van der Waals surface area (Å²) >= 11 is 0. The Bertz CT molecular complexity index is 902. The molecule has 1 unspecified atom stereocenters. The molecule has 1 aliphatic carbocycles. The molecule has 0 spiro atoms. The number of aromatic nitrogens is 3. The van der Waals surface area contributed by atoms with E-state index in [0.29, 0.717) is 12.2 Å². The van der Waals surface area contributed by atoms with Gasteiger partial charge in [0.15, 0.2) is 0 Å². The number of fused-ring (bicyclic) bond motifs is 1. The second kappa shape index (κ2) is 7.75. The summed E-state index contributed by atoms with van der Waals surface area (Å²) in [4.78, 5) is 22.8. The van der Waals surface area contributed by atoms with Gasteiger partial charge in [0, 0.05) is 36.4 Å². The Labute approximate surface area is 164 Å². The molecule has 1 amide bonds. The van der Waals surface area contributed by atoms with Gasteiger partial charge in [0.2, 0.25) is 0 Å². The smallest absolute Gasteiger partial charge is 0.270 e. The average Bonchev–Trinajstić information content (AvgIpc) is 3.36. The number of nitrogens with zero attached hydrogens (tertiary/aromatic N) is 3. The third-order valence-electron chi connectivity index (χ3n) is 5.82. The Balaban J connectivity index is 1.47. The summed E-state index contributed by atoms with van der Waals surface area (Å²) in [5.74, 6) is 0.0498. The number of carbonyl (C=O) groups is 1. The zero-order chi connectivity index (χ0) is 19.6. The van der Waals surface area contributed by atoms with Crippen molar-refractivity contribution in [2.24, 2.45) is 0 Å². The van der Waals surface area contributed by atoms with Gasteiger partial charge in [-0.25, -0.2) is 0 Å². The Morgan fingerprint density at radius 1 is 1.50 bits per heavy atom. The van der Waals surface area contributed by atoms with Crippen LogP contribution in [-0.2, 0) is 6.54 Å². The summed E-state index contributed by atoms with van der Waals surface area (Å²) in [6.07, 6.45) is 9.30. The fraction of sp³-hybridized carbons (Fsp3) is 0.476. The summed E-state index contributed by atoms with van der Waals surface area (Å²) < 4.78 is 4.92. The summed E-state index contributed by atoms with van der Waals surface area (Å²) in [5.41, 5.74) is 3.35. The molecule has 3 aromatic rings. The number of carbonyl (C=O) groups excluding carboxylic acids is 1. The van der Waals surface area contributed by atoms with Crippen LogP contribution in [0, 0.1) is 0 Å². The number of aromatic amines is 1. The second-order valence-corrected chi connectivity index (χ2v) is 7.91. The van der Waals surface area contributed by atoms with Crippen molar-refractivity contribution < 1.29 is 9.32 Å². The number of rotatable bonds is 6. The summed E-state index contributed by atoms with van der Waals surface area (Å²) in [6, 6.07) is 5.89. The van der Waals surface area contributed by atoms with Crippen LogP contribution in [0.1, 0.15) is 55.6 Å². The molecule has 2 N–H and O–H groups in total. The van der Waals surface area contributed by atoms with Gasteiger partial charge in [-0.2, -0.15) is 0 Å². The van der Waals surface area contributed by atoms with Crippen molar-refractivity contribution in [1.82, 2.24) is 25.3 Å². The largest absolute Gasteiger partial charge is 0.364 e. The lowest BCUT2D eigenvalue weighted by atomic mass is 9.79. The van der Waals surface area contributed by atoms with Crippen LogP contribution >= 0.6 is 0 Å². The fourth-order valence-electron chi connectivity index (χ4n) is 4.30. The van der Waals surface area contributed by atoms with Crippen LogP contribution in [0.25, 0.3) is 11.0 Å². The van der Waals surface area contributed by atoms with Crippen LogP contribution in [0.3, 0.4) is 0 Å². The van der Waals surface area contributed by atoms with Crippen molar-refractivity contribution in [2.45, 2.75) is 57.7 Å². The second-order valence-electron chi connectivity index (χ2n) is 7.91. The van der Waals surface area contributed by atoms with E-state index in [1.54, 1.807) is 18.7 Å². The highest BCUT2D eigenvalue weighted by Gasteiger charge is 2.36. The van der Waals surface area contributed by atoms with Crippen molar-refractivity contribution in [2.75, 3.05) is 6.54 Å². The zero-order valence-electron chi connectivity index (χ0n) is 16.4. The number of H-pyrrole nitrogens is 1. The van der Waals surface area contributed by atoms with E-state index in [1.807, 2.05) is 23.1 Å². The number of nitrogens with one attached hydrogen (secondary N) is 2. The van der Waals surface area contributed by atoms with Crippen LogP contribution in [0.2, 0.25) is 0 Å². The average molecular weight is 381 g/mol. The van der Waals surface area contributed by atoms with Gasteiger partial charge in [-0.1, -0.05) is 5.16 Å². The number of pyridine rings is 1. The van der Waals surface area contributed by atoms with E-state index in [4.69, 9.17) is 4.52 Å². The van der Waals surface area contributed by atoms with Crippen molar-refractivity contribution in [1.29, 1.82) is 0 Å². The molecular weight excluding hydrogens is 354 g/mol. The molecule has 3 aromatic heterocycles. The molecule has 28 heavy (non-hydrogen) atoms. The predicted molar refractivity (Wildman–Crippen MR) is 107 cm³/mol. The summed E-state index contributed by atoms with van der Waals surface area (Å²) in [7, 11) is 0. The van der Waals surface area contributed by atoms with Gasteiger partial charge in [0.05, 0.1) is 17.2 Å². The molecule has 148 valence electrons. The highest BCUT2D eigenvalue weighted by atomic mass is 16.5. The van der Waals surface area contributed by atoms with Gasteiger partial charge in [-0.15, -0.1) is 0 Å². The molecule has 1 saturated carbocycles. The van der Waals surface area contributed by atoms with Crippen molar-refractivity contribution in [3.63, 3.8) is 0 Å². The van der Waals surface area contributed by atoms with Crippen LogP contribution < -0.4 is 5.32 Å². The molecule has 7 nitrogen and oxygen atoms in total. The number of hydrogen-bond donors (Lipinski definition) is 2. The molecule has 2 atom stereocenters. The molecule has 4 rings (SSSR count). The Morgan fingerprint density at radius 2 is 2.39 bits per heavy atom. The van der Waals surface area contributed by atoms with E-state index in [0.717, 1.165) is 48.8 Å². The predicted octanol–water partition coefficient (Wildman–Crippen LogP) is 3.50. The van der Waals surface area contributed by atoms with Crippen LogP contribution in [0.15, 0.2) is 41.4 Å². The van der Waals surface area contributed by atoms with E-state index in [2.05, 4.69) is 34.3 Å². The highest BCUT2D eigenvalue weighted by Crippen LogP contribution is 2.32. The maximum atomic E-state index is 13.2. The van der Waals surface area contributed by atoms with E-state index in [-0.39, 0.29) is 17.5 Å². The van der Waals surface area contributed by atoms with Gasteiger partial charge in [-0.05, 0) is 57.7 Å². The minimum atomic E-state index is -0.0180. The first-order chi connectivity index (χ1) is 13.6. The van der Waals surface area contributed by atoms with Crippen LogP contribution in [-0.4, -0.2) is 44.1 Å². The lowest BCUT2D eigenvalue weighted by Crippen LogP contribution is -2.52. The Kier molecular flexibility index (Phi) is 5.17. The number of hydrogen-bond acceptors (Lipinski definition) is 5. The maximum Gasteiger partial charge on any atom is 0.270 e. The molecule has 0 bridgehead atoms. The topological polar surface area (TPSA) is 87.0 Å². The molecule has 1 aliphatic rings. The van der Waals surface area contributed by atoms with E-state index >= 15 is 0 Å². The van der Waals surface area contributed by atoms with E-state index in [9.17, 15) is 4.79 Å². The first-order valence-corrected chi connectivity index (χ1v) is 9.96. The van der Waals surface area contributed by atoms with E-state index in [1.165, 1.54) is 0 Å². The maximum absolute atomic E-state index is 13.2. The molecule has 0 radical (unpaired) electrons. The molecule has 1 fully saturated rings. The first kappa shape index (κ1) is 18.7. The molecule has 0 aliphatic heterocycles. The monoisotopic (exact) mass is 381 g/mol. The number of amides is 1. The molecule has 0 saturated heterocycles. The Hall–Kier alpha value is -2.67. The highest BCUT2D eigenvalue weighted by molar-refractivity contribution is 5.97. The Morgan fingerprint density at radius 3 is 3.14 bits per heavy atom. The van der Waals surface area contributed by atoms with Gasteiger partial charge < -0.3 is 19.7 Å². The van der Waals surface area contributed by atoms with Gasteiger partial charge in [0.1, 0.15) is 12.0 Å². The molecule has 3 heterocycles. The molecule has 7 heteroatoms. The SMILES string of the molecule is CCN(C(=O)c1cc2ncccc2[nH]1)[C@H]1CCCC(C)(NCc2cnoc2)C1. The fourth-order valence-corrected chi connectivity index (χ4v) is 4.30. The zero-order valence-corrected chi connectivity index (χ0v) is 16.4. The van der Waals surface area contributed by atoms with Crippen LogP contribution in [0.4, 0.5) is 0 Å². The third kappa shape index (κ3) is 3.80. The quantitative estimate of drug-likeness (QED) is 0.682. The molecule has 0 aromatic carbocycles. The van der Waals surface area contributed by atoms with Gasteiger partial charge in [0.25, 0.3) is 5.91 Å². The first-order valence-electron chi connectivity index (χ1n) is 9.96.